The molecular formula is C27H32N4O3S. The van der Waals surface area contributed by atoms with Gasteiger partial charge < -0.3 is 5.32 Å². The molecule has 0 bridgehead atoms. The van der Waals surface area contributed by atoms with Crippen LogP contribution in [0.4, 0.5) is 0 Å². The smallest absolute Gasteiger partial charge is 0.253 e. The average molecular weight is 493 g/mol. The summed E-state index contributed by atoms with van der Waals surface area (Å²) in [6.07, 6.45) is 2.98. The Morgan fingerprint density at radius 2 is 1.86 bits per heavy atom. The molecule has 0 saturated carbocycles. The Morgan fingerprint density at radius 1 is 1.11 bits per heavy atom. The van der Waals surface area contributed by atoms with Crippen molar-refractivity contribution in [1.82, 2.24) is 20.2 Å². The van der Waals surface area contributed by atoms with E-state index in [0.29, 0.717) is 17.2 Å². The SMILES string of the molecule is CCS(=O)(=O)c1ccc(CNC(=O)c2cnc3c(c2)CN(Cc2ccc(C)cc2)[C@H]3C(C)C)nc1. The molecule has 7 nitrogen and oxygen atoms in total. The molecule has 1 amide bonds. The Kier molecular flexibility index (Phi) is 7.33. The number of carbonyl (C=O) groups is 1. The first kappa shape index (κ1) is 25.0. The van der Waals surface area contributed by atoms with Crippen LogP contribution in [0, 0.1) is 12.8 Å². The first-order valence-electron chi connectivity index (χ1n) is 11.9. The zero-order chi connectivity index (χ0) is 25.2. The van der Waals surface area contributed by atoms with E-state index in [1.54, 1.807) is 19.2 Å². The van der Waals surface area contributed by atoms with E-state index >= 15 is 0 Å². The zero-order valence-corrected chi connectivity index (χ0v) is 21.5. The van der Waals surface area contributed by atoms with Gasteiger partial charge in [0.1, 0.15) is 0 Å². The molecule has 1 aromatic carbocycles. The van der Waals surface area contributed by atoms with Crippen LogP contribution >= 0.6 is 0 Å². The Hall–Kier alpha value is -3.10. The first-order chi connectivity index (χ1) is 16.7. The fraction of sp³-hybridized carbons (Fsp3) is 0.370. The molecule has 1 aliphatic rings. The summed E-state index contributed by atoms with van der Waals surface area (Å²) in [6, 6.07) is 13.9. The number of carbonyl (C=O) groups excluding carboxylic acids is 1. The Balaban J connectivity index is 1.44. The average Bonchev–Trinajstić information content (AvgIpc) is 3.21. The number of aryl methyl sites for hydroxylation is 1. The van der Waals surface area contributed by atoms with Gasteiger partial charge in [-0.25, -0.2) is 8.42 Å². The van der Waals surface area contributed by atoms with Gasteiger partial charge in [0.15, 0.2) is 9.84 Å². The minimum absolute atomic E-state index is 0.0240. The number of sulfone groups is 1. The number of rotatable bonds is 8. The molecular weight excluding hydrogens is 460 g/mol. The predicted octanol–water partition coefficient (Wildman–Crippen LogP) is 4.22. The lowest BCUT2D eigenvalue weighted by molar-refractivity contribution is 0.0950. The molecule has 2 aromatic heterocycles. The first-order valence-corrected chi connectivity index (χ1v) is 13.6. The summed E-state index contributed by atoms with van der Waals surface area (Å²) in [6.45, 7) is 9.87. The van der Waals surface area contributed by atoms with Gasteiger partial charge in [-0.05, 0) is 42.2 Å². The number of nitrogens with zero attached hydrogens (tertiary/aromatic N) is 3. The number of fused-ring (bicyclic) bond motifs is 1. The topological polar surface area (TPSA) is 92.3 Å². The van der Waals surface area contributed by atoms with Gasteiger partial charge >= 0.3 is 0 Å². The van der Waals surface area contributed by atoms with E-state index in [0.717, 1.165) is 24.3 Å². The third-order valence-electron chi connectivity index (χ3n) is 6.42. The number of nitrogens with one attached hydrogen (secondary N) is 1. The highest BCUT2D eigenvalue weighted by atomic mass is 32.2. The number of hydrogen-bond acceptors (Lipinski definition) is 6. The van der Waals surface area contributed by atoms with Gasteiger partial charge in [-0.3, -0.25) is 19.7 Å². The van der Waals surface area contributed by atoms with Crippen molar-refractivity contribution in [2.45, 2.75) is 58.3 Å². The third-order valence-corrected chi connectivity index (χ3v) is 8.13. The number of hydrogen-bond donors (Lipinski definition) is 1. The summed E-state index contributed by atoms with van der Waals surface area (Å²) >= 11 is 0. The van der Waals surface area contributed by atoms with Crippen LogP contribution in [0.1, 0.15) is 65.2 Å². The molecule has 0 aliphatic carbocycles. The largest absolute Gasteiger partial charge is 0.346 e. The molecule has 0 radical (unpaired) electrons. The zero-order valence-electron chi connectivity index (χ0n) is 20.7. The van der Waals surface area contributed by atoms with Gasteiger partial charge in [-0.15, -0.1) is 0 Å². The minimum Gasteiger partial charge on any atom is -0.346 e. The molecule has 0 spiro atoms. The highest BCUT2D eigenvalue weighted by Gasteiger charge is 2.34. The Morgan fingerprint density at radius 3 is 2.49 bits per heavy atom. The standard InChI is InChI=1S/C27H32N4O3S/c1-5-35(33,34)24-11-10-23(28-15-24)14-30-27(32)21-12-22-17-31(16-20-8-6-19(4)7-9-20)26(18(2)3)25(22)29-13-21/h6-13,15,18,26H,5,14,16-17H2,1-4H3,(H,30,32)/t26-/m0/s1. The monoisotopic (exact) mass is 492 g/mol. The van der Waals surface area contributed by atoms with Gasteiger partial charge in [0.25, 0.3) is 5.91 Å². The van der Waals surface area contributed by atoms with Gasteiger partial charge in [0.2, 0.25) is 0 Å². The lowest BCUT2D eigenvalue weighted by Crippen LogP contribution is -2.25. The highest BCUT2D eigenvalue weighted by Crippen LogP contribution is 2.38. The quantitative estimate of drug-likeness (QED) is 0.506. The summed E-state index contributed by atoms with van der Waals surface area (Å²) in [5, 5.41) is 2.86. The molecule has 4 rings (SSSR count). The van der Waals surface area contributed by atoms with E-state index in [-0.39, 0.29) is 29.1 Å². The van der Waals surface area contributed by atoms with Crippen molar-refractivity contribution >= 4 is 15.7 Å². The van der Waals surface area contributed by atoms with Crippen molar-refractivity contribution in [3.05, 3.63) is 88.5 Å². The van der Waals surface area contributed by atoms with Gasteiger partial charge in [-0.2, -0.15) is 0 Å². The predicted molar refractivity (Wildman–Crippen MR) is 135 cm³/mol. The van der Waals surface area contributed by atoms with Crippen LogP contribution in [0.15, 0.2) is 59.8 Å². The van der Waals surface area contributed by atoms with E-state index in [2.05, 4.69) is 60.2 Å². The maximum Gasteiger partial charge on any atom is 0.253 e. The normalized spacial score (nSPS) is 15.9. The summed E-state index contributed by atoms with van der Waals surface area (Å²) in [5.74, 6) is 0.181. The summed E-state index contributed by atoms with van der Waals surface area (Å²) < 4.78 is 23.9. The van der Waals surface area contributed by atoms with E-state index in [4.69, 9.17) is 4.98 Å². The van der Waals surface area contributed by atoms with Crippen molar-refractivity contribution in [3.63, 3.8) is 0 Å². The lowest BCUT2D eigenvalue weighted by atomic mass is 9.99. The van der Waals surface area contributed by atoms with E-state index in [1.165, 1.54) is 23.4 Å². The van der Waals surface area contributed by atoms with Gasteiger partial charge in [-0.1, -0.05) is 50.6 Å². The van der Waals surface area contributed by atoms with Gasteiger partial charge in [0.05, 0.1) is 40.2 Å². The Labute approximate surface area is 207 Å². The maximum absolute atomic E-state index is 12.8. The van der Waals surface area contributed by atoms with Crippen LogP contribution in [-0.2, 0) is 29.5 Å². The molecule has 0 unspecified atom stereocenters. The third kappa shape index (κ3) is 5.60. The van der Waals surface area contributed by atoms with E-state index < -0.39 is 9.84 Å². The van der Waals surface area contributed by atoms with E-state index in [1.807, 2.05) is 6.07 Å². The van der Waals surface area contributed by atoms with Crippen LogP contribution in [0.25, 0.3) is 0 Å². The summed E-state index contributed by atoms with van der Waals surface area (Å²) in [4.78, 5) is 24.3. The fourth-order valence-corrected chi connectivity index (χ4v) is 5.31. The number of pyridine rings is 2. The van der Waals surface area contributed by atoms with Crippen molar-refractivity contribution in [2.75, 3.05) is 5.75 Å². The minimum atomic E-state index is -3.29. The lowest BCUT2D eigenvalue weighted by Gasteiger charge is -2.27. The second-order valence-corrected chi connectivity index (χ2v) is 11.7. The molecule has 0 saturated heterocycles. The highest BCUT2D eigenvalue weighted by molar-refractivity contribution is 7.91. The van der Waals surface area contributed by atoms with Crippen LogP contribution in [-0.4, -0.2) is 34.9 Å². The molecule has 3 heterocycles. The van der Waals surface area contributed by atoms with Crippen LogP contribution in [0.2, 0.25) is 0 Å². The van der Waals surface area contributed by atoms with Crippen molar-refractivity contribution in [2.24, 2.45) is 5.92 Å². The van der Waals surface area contributed by atoms with Crippen molar-refractivity contribution in [1.29, 1.82) is 0 Å². The summed E-state index contributed by atoms with van der Waals surface area (Å²) in [7, 11) is -3.29. The molecule has 1 aliphatic heterocycles. The van der Waals surface area contributed by atoms with Crippen molar-refractivity contribution in [3.8, 4) is 0 Å². The molecule has 1 atom stereocenters. The number of aromatic nitrogens is 2. The maximum atomic E-state index is 12.8. The Bertz CT molecular complexity index is 1300. The molecule has 1 N–H and O–H groups in total. The van der Waals surface area contributed by atoms with Crippen LogP contribution in [0.5, 0.6) is 0 Å². The molecule has 0 fully saturated rings. The van der Waals surface area contributed by atoms with Gasteiger partial charge in [0, 0.05) is 25.5 Å². The van der Waals surface area contributed by atoms with Crippen LogP contribution in [0.3, 0.4) is 0 Å². The fourth-order valence-electron chi connectivity index (χ4n) is 4.49. The molecule has 8 heteroatoms. The van der Waals surface area contributed by atoms with Crippen LogP contribution < -0.4 is 5.32 Å². The second kappa shape index (κ2) is 10.3. The number of benzene rings is 1. The van der Waals surface area contributed by atoms with Crippen molar-refractivity contribution < 1.29 is 13.2 Å². The number of amides is 1. The summed E-state index contributed by atoms with van der Waals surface area (Å²) in [5.41, 5.74) is 5.72. The molecule has 184 valence electrons. The molecule has 35 heavy (non-hydrogen) atoms. The second-order valence-electron chi connectivity index (χ2n) is 9.42. The molecule has 3 aromatic rings. The van der Waals surface area contributed by atoms with E-state index in [9.17, 15) is 13.2 Å².